The molecule has 6 nitrogen and oxygen atoms in total. The molecule has 0 spiro atoms. The van der Waals surface area contributed by atoms with E-state index in [1.54, 1.807) is 29.2 Å². The molecule has 1 aromatic carbocycles. The molecule has 0 fully saturated rings. The Morgan fingerprint density at radius 3 is 2.85 bits per heavy atom. The van der Waals surface area contributed by atoms with Gasteiger partial charge >= 0.3 is 0 Å². The average molecular weight is 363 g/mol. The van der Waals surface area contributed by atoms with E-state index in [4.69, 9.17) is 0 Å². The molecule has 4 rings (SSSR count). The summed E-state index contributed by atoms with van der Waals surface area (Å²) in [6, 6.07) is 10.7. The number of hydrogen-bond donors (Lipinski definition) is 1. The minimum atomic E-state index is -0.119. The van der Waals surface area contributed by atoms with Crippen molar-refractivity contribution in [3.05, 3.63) is 65.6 Å². The Hall–Kier alpha value is -2.73. The van der Waals surface area contributed by atoms with E-state index in [0.717, 1.165) is 19.5 Å². The van der Waals surface area contributed by atoms with Crippen LogP contribution in [0.1, 0.15) is 35.3 Å². The third kappa shape index (κ3) is 3.57. The van der Waals surface area contributed by atoms with Crippen LogP contribution < -0.4 is 5.32 Å². The summed E-state index contributed by atoms with van der Waals surface area (Å²) in [5, 5.41) is 7.31. The molecule has 1 amide bonds. The fraction of sp³-hybridized carbons (Fsp3) is 0.381. The van der Waals surface area contributed by atoms with Crippen molar-refractivity contribution in [3.8, 4) is 0 Å². The van der Waals surface area contributed by atoms with Crippen LogP contribution in [0.15, 0.2) is 48.9 Å². The highest BCUT2D eigenvalue weighted by Gasteiger charge is 2.26. The maximum absolute atomic E-state index is 12.7. The maximum Gasteiger partial charge on any atom is 0.256 e. The normalized spacial score (nSPS) is 15.7. The molecule has 0 saturated carbocycles. The first kappa shape index (κ1) is 17.7. The summed E-state index contributed by atoms with van der Waals surface area (Å²) in [6.07, 6.45) is 6.11. The van der Waals surface area contributed by atoms with Gasteiger partial charge in [0.2, 0.25) is 0 Å². The number of carbonyl (C=O) groups excluding carboxylic acids is 1. The molecule has 6 heteroatoms. The number of nitrogens with one attached hydrogen (secondary N) is 1. The topological polar surface area (TPSA) is 62.5 Å². The Balaban J connectivity index is 1.46. The molecule has 0 saturated heterocycles. The molecule has 2 aromatic heterocycles. The van der Waals surface area contributed by atoms with E-state index in [-0.39, 0.29) is 11.9 Å². The number of nitrogens with zero attached hydrogens (tertiary/aromatic N) is 4. The van der Waals surface area contributed by atoms with Crippen molar-refractivity contribution < 1.29 is 4.79 Å². The average Bonchev–Trinajstić information content (AvgIpc) is 3.12. The number of aromatic nitrogens is 3. The van der Waals surface area contributed by atoms with Gasteiger partial charge < -0.3 is 5.32 Å². The van der Waals surface area contributed by atoms with Crippen molar-refractivity contribution in [2.45, 2.75) is 32.9 Å². The summed E-state index contributed by atoms with van der Waals surface area (Å²) in [7, 11) is 0. The monoisotopic (exact) mass is 363 g/mol. The lowest BCUT2D eigenvalue weighted by Crippen LogP contribution is -2.48. The van der Waals surface area contributed by atoms with E-state index in [1.165, 1.54) is 11.1 Å². The number of fused-ring (bicyclic) bond motifs is 2. The SMILES string of the molecule is CC(C)[C@@H](CNC(=O)c1cnn2cccnc12)N1CCc2ccccc2C1. The zero-order valence-electron chi connectivity index (χ0n) is 15.8. The summed E-state index contributed by atoms with van der Waals surface area (Å²) in [5.41, 5.74) is 3.94. The van der Waals surface area contributed by atoms with E-state index in [0.29, 0.717) is 23.7 Å². The number of rotatable bonds is 5. The van der Waals surface area contributed by atoms with Crippen LogP contribution in [0.3, 0.4) is 0 Å². The third-order valence-corrected chi connectivity index (χ3v) is 5.39. The van der Waals surface area contributed by atoms with Crippen molar-refractivity contribution >= 4 is 11.6 Å². The van der Waals surface area contributed by atoms with Crippen LogP contribution in [0.5, 0.6) is 0 Å². The molecule has 140 valence electrons. The predicted molar refractivity (Wildman–Crippen MR) is 105 cm³/mol. The van der Waals surface area contributed by atoms with Gasteiger partial charge in [-0.15, -0.1) is 0 Å². The molecule has 1 atom stereocenters. The van der Waals surface area contributed by atoms with Crippen molar-refractivity contribution in [3.63, 3.8) is 0 Å². The Bertz CT molecular complexity index is 948. The summed E-state index contributed by atoms with van der Waals surface area (Å²) in [6.45, 7) is 7.01. The lowest BCUT2D eigenvalue weighted by atomic mass is 9.95. The van der Waals surface area contributed by atoms with Crippen molar-refractivity contribution in [1.82, 2.24) is 24.8 Å². The second kappa shape index (κ2) is 7.48. The smallest absolute Gasteiger partial charge is 0.256 e. The predicted octanol–water partition coefficient (Wildman–Crippen LogP) is 2.54. The molecule has 3 heterocycles. The quantitative estimate of drug-likeness (QED) is 0.757. The van der Waals surface area contributed by atoms with Crippen molar-refractivity contribution in [2.75, 3.05) is 13.1 Å². The summed E-state index contributed by atoms with van der Waals surface area (Å²) < 4.78 is 1.62. The standard InChI is InChI=1S/C21H25N5O/c1-15(2)19(25-11-8-16-6-3-4-7-17(16)14-25)13-23-21(27)18-12-24-26-10-5-9-22-20(18)26/h3-7,9-10,12,15,19H,8,11,13-14H2,1-2H3,(H,23,27)/t19-/m1/s1. The zero-order chi connectivity index (χ0) is 18.8. The van der Waals surface area contributed by atoms with Gasteiger partial charge in [0.15, 0.2) is 5.65 Å². The molecule has 3 aromatic rings. The summed E-state index contributed by atoms with van der Waals surface area (Å²) >= 11 is 0. The van der Waals surface area contributed by atoms with E-state index >= 15 is 0 Å². The lowest BCUT2D eigenvalue weighted by Gasteiger charge is -2.38. The van der Waals surface area contributed by atoms with Crippen LogP contribution in [-0.4, -0.2) is 44.5 Å². The minimum absolute atomic E-state index is 0.119. The Kier molecular flexibility index (Phi) is 4.90. The van der Waals surface area contributed by atoms with Gasteiger partial charge in [-0.2, -0.15) is 5.10 Å². The van der Waals surface area contributed by atoms with Gasteiger partial charge in [-0.1, -0.05) is 38.1 Å². The van der Waals surface area contributed by atoms with E-state index in [2.05, 4.69) is 58.4 Å². The Morgan fingerprint density at radius 2 is 2.04 bits per heavy atom. The highest BCUT2D eigenvalue weighted by molar-refractivity contribution is 5.99. The second-order valence-electron chi connectivity index (χ2n) is 7.46. The molecule has 1 N–H and O–H groups in total. The fourth-order valence-electron chi connectivity index (χ4n) is 3.87. The number of carbonyl (C=O) groups is 1. The first-order valence-electron chi connectivity index (χ1n) is 9.51. The molecule has 0 unspecified atom stereocenters. The zero-order valence-corrected chi connectivity index (χ0v) is 15.8. The van der Waals surface area contributed by atoms with Crippen LogP contribution in [0.25, 0.3) is 5.65 Å². The van der Waals surface area contributed by atoms with Crippen LogP contribution >= 0.6 is 0 Å². The maximum atomic E-state index is 12.7. The van der Waals surface area contributed by atoms with Crippen LogP contribution in [0, 0.1) is 5.92 Å². The van der Waals surface area contributed by atoms with Gasteiger partial charge in [0, 0.05) is 38.1 Å². The Labute approximate surface area is 159 Å². The third-order valence-electron chi connectivity index (χ3n) is 5.39. The van der Waals surface area contributed by atoms with Crippen molar-refractivity contribution in [2.24, 2.45) is 5.92 Å². The number of benzene rings is 1. The van der Waals surface area contributed by atoms with E-state index in [1.807, 2.05) is 0 Å². The van der Waals surface area contributed by atoms with E-state index in [9.17, 15) is 4.79 Å². The molecule has 1 aliphatic rings. The first-order valence-corrected chi connectivity index (χ1v) is 9.51. The molecule has 1 aliphatic heterocycles. The second-order valence-corrected chi connectivity index (χ2v) is 7.46. The van der Waals surface area contributed by atoms with Crippen LogP contribution in [0.4, 0.5) is 0 Å². The highest BCUT2D eigenvalue weighted by atomic mass is 16.1. The minimum Gasteiger partial charge on any atom is -0.350 e. The van der Waals surface area contributed by atoms with Gasteiger partial charge in [0.05, 0.1) is 6.20 Å². The molecular formula is C21H25N5O. The van der Waals surface area contributed by atoms with Gasteiger partial charge in [-0.05, 0) is 29.5 Å². The molecular weight excluding hydrogens is 338 g/mol. The highest BCUT2D eigenvalue weighted by Crippen LogP contribution is 2.23. The van der Waals surface area contributed by atoms with Crippen LogP contribution in [0.2, 0.25) is 0 Å². The lowest BCUT2D eigenvalue weighted by molar-refractivity contribution is 0.0905. The Morgan fingerprint density at radius 1 is 1.22 bits per heavy atom. The molecule has 0 radical (unpaired) electrons. The number of hydrogen-bond acceptors (Lipinski definition) is 4. The number of amides is 1. The van der Waals surface area contributed by atoms with Gasteiger partial charge in [0.1, 0.15) is 5.56 Å². The molecule has 0 bridgehead atoms. The van der Waals surface area contributed by atoms with Gasteiger partial charge in [-0.25, -0.2) is 9.50 Å². The van der Waals surface area contributed by atoms with Gasteiger partial charge in [-0.3, -0.25) is 9.69 Å². The van der Waals surface area contributed by atoms with E-state index < -0.39 is 0 Å². The summed E-state index contributed by atoms with van der Waals surface area (Å²) in [4.78, 5) is 19.5. The van der Waals surface area contributed by atoms with Crippen LogP contribution in [-0.2, 0) is 13.0 Å². The summed E-state index contributed by atoms with van der Waals surface area (Å²) in [5.74, 6) is 0.323. The van der Waals surface area contributed by atoms with Gasteiger partial charge in [0.25, 0.3) is 5.91 Å². The van der Waals surface area contributed by atoms with Crippen molar-refractivity contribution in [1.29, 1.82) is 0 Å². The fourth-order valence-corrected chi connectivity index (χ4v) is 3.87. The molecule has 27 heavy (non-hydrogen) atoms. The largest absolute Gasteiger partial charge is 0.350 e. The molecule has 0 aliphatic carbocycles. The first-order chi connectivity index (χ1) is 13.1.